The molecule has 0 aliphatic carbocycles. The van der Waals surface area contributed by atoms with E-state index in [9.17, 15) is 0 Å². The third kappa shape index (κ3) is 1.59. The lowest BCUT2D eigenvalue weighted by Gasteiger charge is -2.18. The predicted molar refractivity (Wildman–Crippen MR) is 58.8 cm³/mol. The van der Waals surface area contributed by atoms with Crippen LogP contribution in [-0.4, -0.2) is 36.1 Å². The second-order valence-electron chi connectivity index (χ2n) is 4.60. The summed E-state index contributed by atoms with van der Waals surface area (Å²) in [6.07, 6.45) is 1.66. The topological polar surface area (TPSA) is 41.0 Å². The highest BCUT2D eigenvalue weighted by molar-refractivity contribution is 5.40. The Morgan fingerprint density at radius 2 is 2.00 bits per heavy atom. The summed E-state index contributed by atoms with van der Waals surface area (Å²) in [4.78, 5) is 10.9. The average molecular weight is 204 g/mol. The van der Waals surface area contributed by atoms with Gasteiger partial charge in [0.15, 0.2) is 0 Å². The van der Waals surface area contributed by atoms with Crippen LogP contribution in [0.3, 0.4) is 0 Å². The molecule has 15 heavy (non-hydrogen) atoms. The molecule has 0 aromatic carbocycles. The van der Waals surface area contributed by atoms with Crippen molar-refractivity contribution in [2.45, 2.75) is 6.92 Å². The molecule has 0 radical (unpaired) electrons. The molecule has 2 atom stereocenters. The van der Waals surface area contributed by atoms with Crippen LogP contribution in [0.15, 0.2) is 12.4 Å². The van der Waals surface area contributed by atoms with E-state index in [0.717, 1.165) is 36.4 Å². The molecule has 0 amide bonds. The summed E-state index contributed by atoms with van der Waals surface area (Å²) in [5, 5.41) is 3.45. The number of hydrogen-bond donors (Lipinski definition) is 1. The first-order chi connectivity index (χ1) is 7.33. The lowest BCUT2D eigenvalue weighted by molar-refractivity contribution is 0.533. The molecule has 2 saturated heterocycles. The lowest BCUT2D eigenvalue weighted by atomic mass is 10.0. The van der Waals surface area contributed by atoms with Crippen LogP contribution in [0, 0.1) is 18.8 Å². The molecule has 4 heteroatoms. The Kier molecular flexibility index (Phi) is 2.09. The minimum Gasteiger partial charge on any atom is -0.356 e. The Morgan fingerprint density at radius 1 is 1.27 bits per heavy atom. The average Bonchev–Trinajstić information content (AvgIpc) is 2.76. The van der Waals surface area contributed by atoms with Crippen molar-refractivity contribution in [1.29, 1.82) is 0 Å². The molecule has 2 unspecified atom stereocenters. The Bertz CT molecular complexity index is 353. The zero-order valence-electron chi connectivity index (χ0n) is 8.98. The molecule has 2 aliphatic heterocycles. The summed E-state index contributed by atoms with van der Waals surface area (Å²) < 4.78 is 0. The van der Waals surface area contributed by atoms with Crippen molar-refractivity contribution in [1.82, 2.24) is 15.3 Å². The van der Waals surface area contributed by atoms with E-state index in [0.29, 0.717) is 0 Å². The summed E-state index contributed by atoms with van der Waals surface area (Å²) in [5.74, 6) is 2.73. The highest BCUT2D eigenvalue weighted by Crippen LogP contribution is 2.29. The fraction of sp³-hybridized carbons (Fsp3) is 0.636. The maximum atomic E-state index is 4.34. The van der Waals surface area contributed by atoms with E-state index in [1.165, 1.54) is 13.1 Å². The van der Waals surface area contributed by atoms with Gasteiger partial charge in [0, 0.05) is 37.9 Å². The van der Waals surface area contributed by atoms with E-state index in [1.54, 1.807) is 6.33 Å². The standard InChI is InChI=1S/C11H16N4/c1-8-2-11(14-7-13-8)15-5-9-3-12-4-10(9)6-15/h2,7,9-10,12H,3-6H2,1H3. The molecular formula is C11H16N4. The monoisotopic (exact) mass is 204 g/mol. The van der Waals surface area contributed by atoms with E-state index in [4.69, 9.17) is 0 Å². The van der Waals surface area contributed by atoms with Crippen LogP contribution in [0.2, 0.25) is 0 Å². The molecule has 2 fully saturated rings. The van der Waals surface area contributed by atoms with Crippen molar-refractivity contribution in [2.24, 2.45) is 11.8 Å². The third-order valence-electron chi connectivity index (χ3n) is 3.50. The van der Waals surface area contributed by atoms with Crippen molar-refractivity contribution >= 4 is 5.82 Å². The molecule has 1 aromatic heterocycles. The maximum Gasteiger partial charge on any atom is 0.132 e. The van der Waals surface area contributed by atoms with E-state index in [2.05, 4.69) is 26.3 Å². The number of hydrogen-bond acceptors (Lipinski definition) is 4. The number of aromatic nitrogens is 2. The molecule has 4 nitrogen and oxygen atoms in total. The summed E-state index contributed by atoms with van der Waals surface area (Å²) in [6.45, 7) is 6.66. The quantitative estimate of drug-likeness (QED) is 0.720. The van der Waals surface area contributed by atoms with Crippen LogP contribution in [0.25, 0.3) is 0 Å². The maximum absolute atomic E-state index is 4.34. The molecule has 2 aliphatic rings. The van der Waals surface area contributed by atoms with Gasteiger partial charge in [-0.25, -0.2) is 9.97 Å². The molecule has 0 spiro atoms. The first-order valence-electron chi connectivity index (χ1n) is 5.57. The fourth-order valence-corrected chi connectivity index (χ4v) is 2.66. The van der Waals surface area contributed by atoms with Crippen molar-refractivity contribution in [3.8, 4) is 0 Å². The number of aryl methyl sites for hydroxylation is 1. The highest BCUT2D eigenvalue weighted by atomic mass is 15.2. The number of nitrogens with one attached hydrogen (secondary N) is 1. The number of nitrogens with zero attached hydrogens (tertiary/aromatic N) is 3. The summed E-state index contributed by atoms with van der Waals surface area (Å²) in [7, 11) is 0. The van der Waals surface area contributed by atoms with Gasteiger partial charge in [-0.15, -0.1) is 0 Å². The Balaban J connectivity index is 1.79. The fourth-order valence-electron chi connectivity index (χ4n) is 2.66. The second-order valence-corrected chi connectivity index (χ2v) is 4.60. The molecule has 1 N–H and O–H groups in total. The largest absolute Gasteiger partial charge is 0.356 e. The van der Waals surface area contributed by atoms with Gasteiger partial charge in [-0.05, 0) is 18.8 Å². The molecule has 80 valence electrons. The smallest absolute Gasteiger partial charge is 0.132 e. The van der Waals surface area contributed by atoms with Gasteiger partial charge in [-0.1, -0.05) is 0 Å². The Morgan fingerprint density at radius 3 is 2.67 bits per heavy atom. The van der Waals surface area contributed by atoms with Gasteiger partial charge in [-0.2, -0.15) is 0 Å². The summed E-state index contributed by atoms with van der Waals surface area (Å²) in [5.41, 5.74) is 1.05. The van der Waals surface area contributed by atoms with Gasteiger partial charge < -0.3 is 10.2 Å². The van der Waals surface area contributed by atoms with Crippen LogP contribution in [0.1, 0.15) is 5.69 Å². The molecule has 3 rings (SSSR count). The van der Waals surface area contributed by atoms with Crippen LogP contribution < -0.4 is 10.2 Å². The van der Waals surface area contributed by atoms with Gasteiger partial charge in [0.05, 0.1) is 0 Å². The van der Waals surface area contributed by atoms with E-state index < -0.39 is 0 Å². The van der Waals surface area contributed by atoms with Gasteiger partial charge in [0.2, 0.25) is 0 Å². The summed E-state index contributed by atoms with van der Waals surface area (Å²) in [6, 6.07) is 2.08. The minimum atomic E-state index is 0.820. The molecule has 1 aromatic rings. The Labute approximate surface area is 89.7 Å². The molecule has 3 heterocycles. The number of fused-ring (bicyclic) bond motifs is 1. The third-order valence-corrected chi connectivity index (χ3v) is 3.50. The van der Waals surface area contributed by atoms with Gasteiger partial charge in [0.1, 0.15) is 12.1 Å². The van der Waals surface area contributed by atoms with Crippen LogP contribution in [0.5, 0.6) is 0 Å². The van der Waals surface area contributed by atoms with E-state index in [1.807, 2.05) is 6.92 Å². The van der Waals surface area contributed by atoms with Crippen LogP contribution in [-0.2, 0) is 0 Å². The van der Waals surface area contributed by atoms with E-state index in [-0.39, 0.29) is 0 Å². The van der Waals surface area contributed by atoms with Gasteiger partial charge >= 0.3 is 0 Å². The first-order valence-corrected chi connectivity index (χ1v) is 5.57. The molecular weight excluding hydrogens is 188 g/mol. The second kappa shape index (κ2) is 3.45. The van der Waals surface area contributed by atoms with Crippen molar-refractivity contribution < 1.29 is 0 Å². The predicted octanol–water partition coefficient (Wildman–Crippen LogP) is 0.441. The van der Waals surface area contributed by atoms with E-state index >= 15 is 0 Å². The van der Waals surface area contributed by atoms with Gasteiger partial charge in [0.25, 0.3) is 0 Å². The number of rotatable bonds is 1. The lowest BCUT2D eigenvalue weighted by Crippen LogP contribution is -2.26. The summed E-state index contributed by atoms with van der Waals surface area (Å²) >= 11 is 0. The van der Waals surface area contributed by atoms with Crippen molar-refractivity contribution in [3.63, 3.8) is 0 Å². The highest BCUT2D eigenvalue weighted by Gasteiger charge is 2.36. The van der Waals surface area contributed by atoms with Crippen LogP contribution >= 0.6 is 0 Å². The zero-order chi connectivity index (χ0) is 10.3. The SMILES string of the molecule is Cc1cc(N2CC3CNCC3C2)ncn1. The van der Waals surface area contributed by atoms with Crippen molar-refractivity contribution in [3.05, 3.63) is 18.1 Å². The normalized spacial score (nSPS) is 29.5. The van der Waals surface area contributed by atoms with Crippen molar-refractivity contribution in [2.75, 3.05) is 31.1 Å². The van der Waals surface area contributed by atoms with Crippen LogP contribution in [0.4, 0.5) is 5.82 Å². The minimum absolute atomic E-state index is 0.820. The molecule has 0 saturated carbocycles. The molecule has 0 bridgehead atoms. The van der Waals surface area contributed by atoms with Gasteiger partial charge in [-0.3, -0.25) is 0 Å². The first kappa shape index (κ1) is 9.09. The zero-order valence-corrected chi connectivity index (χ0v) is 8.98. The Hall–Kier alpha value is -1.16. The number of anilines is 1.